The van der Waals surface area contributed by atoms with Crippen molar-refractivity contribution < 1.29 is 9.84 Å². The second-order valence-electron chi connectivity index (χ2n) is 6.33. The number of likely N-dealkylation sites (tertiary alicyclic amines) is 1. The SMILES string of the molecule is O[C@H]1CCN(C2CCCC2)CC[C@@H]1N1CCOCC1. The van der Waals surface area contributed by atoms with Crippen molar-refractivity contribution in [2.45, 2.75) is 56.7 Å². The topological polar surface area (TPSA) is 35.9 Å². The Labute approximate surface area is 116 Å². The Balaban J connectivity index is 1.57. The van der Waals surface area contributed by atoms with E-state index in [0.717, 1.165) is 51.7 Å². The molecule has 3 rings (SSSR count). The van der Waals surface area contributed by atoms with Gasteiger partial charge in [0.15, 0.2) is 0 Å². The number of rotatable bonds is 2. The van der Waals surface area contributed by atoms with Crippen molar-refractivity contribution in [2.24, 2.45) is 0 Å². The average Bonchev–Trinajstić information content (AvgIpc) is 2.91. The smallest absolute Gasteiger partial charge is 0.0708 e. The van der Waals surface area contributed by atoms with Gasteiger partial charge in [-0.05, 0) is 25.7 Å². The van der Waals surface area contributed by atoms with Gasteiger partial charge in [-0.25, -0.2) is 0 Å². The van der Waals surface area contributed by atoms with Crippen LogP contribution in [0.3, 0.4) is 0 Å². The number of aliphatic hydroxyl groups excluding tert-OH is 1. The second-order valence-corrected chi connectivity index (χ2v) is 6.33. The zero-order valence-corrected chi connectivity index (χ0v) is 12.0. The van der Waals surface area contributed by atoms with Gasteiger partial charge in [-0.1, -0.05) is 12.8 Å². The molecule has 0 aromatic heterocycles. The molecule has 0 amide bonds. The summed E-state index contributed by atoms with van der Waals surface area (Å²) in [5.41, 5.74) is 0. The van der Waals surface area contributed by atoms with Gasteiger partial charge in [0.2, 0.25) is 0 Å². The lowest BCUT2D eigenvalue weighted by molar-refractivity contribution is -0.0222. The fourth-order valence-electron chi connectivity index (χ4n) is 4.06. The minimum atomic E-state index is -0.149. The van der Waals surface area contributed by atoms with Gasteiger partial charge >= 0.3 is 0 Å². The summed E-state index contributed by atoms with van der Waals surface area (Å²) < 4.78 is 5.43. The maximum Gasteiger partial charge on any atom is 0.0708 e. The molecule has 0 aromatic carbocycles. The zero-order chi connectivity index (χ0) is 13.1. The Morgan fingerprint density at radius 2 is 1.47 bits per heavy atom. The maximum absolute atomic E-state index is 10.5. The molecule has 0 spiro atoms. The molecule has 1 saturated carbocycles. The van der Waals surface area contributed by atoms with Crippen LogP contribution in [0.15, 0.2) is 0 Å². The summed E-state index contributed by atoms with van der Waals surface area (Å²) in [4.78, 5) is 5.10. The molecule has 3 aliphatic rings. The van der Waals surface area contributed by atoms with Gasteiger partial charge in [-0.3, -0.25) is 4.90 Å². The summed E-state index contributed by atoms with van der Waals surface area (Å²) in [6, 6.07) is 1.16. The molecule has 1 aliphatic carbocycles. The van der Waals surface area contributed by atoms with E-state index in [2.05, 4.69) is 9.80 Å². The van der Waals surface area contributed by atoms with Gasteiger partial charge < -0.3 is 14.7 Å². The molecule has 0 unspecified atom stereocenters. The van der Waals surface area contributed by atoms with Gasteiger partial charge in [-0.15, -0.1) is 0 Å². The molecule has 4 heteroatoms. The molecular weight excluding hydrogens is 240 g/mol. The molecule has 0 aromatic rings. The van der Waals surface area contributed by atoms with E-state index in [-0.39, 0.29) is 6.10 Å². The van der Waals surface area contributed by atoms with E-state index >= 15 is 0 Å². The molecule has 0 radical (unpaired) electrons. The van der Waals surface area contributed by atoms with Crippen LogP contribution in [0.2, 0.25) is 0 Å². The predicted molar refractivity (Wildman–Crippen MR) is 75.2 cm³/mol. The van der Waals surface area contributed by atoms with Crippen molar-refractivity contribution in [1.29, 1.82) is 0 Å². The Morgan fingerprint density at radius 1 is 0.789 bits per heavy atom. The summed E-state index contributed by atoms with van der Waals surface area (Å²) in [6.07, 6.45) is 7.46. The van der Waals surface area contributed by atoms with E-state index in [1.165, 1.54) is 32.2 Å². The second kappa shape index (κ2) is 6.53. The number of ether oxygens (including phenoxy) is 1. The summed E-state index contributed by atoms with van der Waals surface area (Å²) in [7, 11) is 0. The highest BCUT2D eigenvalue weighted by Gasteiger charge is 2.32. The highest BCUT2D eigenvalue weighted by molar-refractivity contribution is 4.88. The molecular formula is C15H28N2O2. The van der Waals surface area contributed by atoms with Crippen LogP contribution in [-0.2, 0) is 4.74 Å². The minimum absolute atomic E-state index is 0.149. The third kappa shape index (κ3) is 3.30. The molecule has 2 atom stereocenters. The first-order valence-corrected chi connectivity index (χ1v) is 8.08. The number of hydrogen-bond donors (Lipinski definition) is 1. The fourth-order valence-corrected chi connectivity index (χ4v) is 4.06. The molecule has 2 aliphatic heterocycles. The van der Waals surface area contributed by atoms with Crippen LogP contribution >= 0.6 is 0 Å². The standard InChI is InChI=1S/C15H28N2O2/c18-15-6-8-16(13-3-1-2-4-13)7-5-14(15)17-9-11-19-12-10-17/h13-15,18H,1-12H2/t14-,15-/m0/s1. The Hall–Kier alpha value is -0.160. The van der Waals surface area contributed by atoms with Crippen molar-refractivity contribution in [3.8, 4) is 0 Å². The highest BCUT2D eigenvalue weighted by Crippen LogP contribution is 2.27. The zero-order valence-electron chi connectivity index (χ0n) is 12.0. The summed E-state index contributed by atoms with van der Waals surface area (Å²) in [6.45, 7) is 5.90. The minimum Gasteiger partial charge on any atom is -0.391 e. The van der Waals surface area contributed by atoms with Crippen molar-refractivity contribution in [3.05, 3.63) is 0 Å². The third-order valence-electron chi connectivity index (χ3n) is 5.22. The monoisotopic (exact) mass is 268 g/mol. The normalized spacial score (nSPS) is 36.5. The van der Waals surface area contributed by atoms with Crippen LogP contribution in [0.4, 0.5) is 0 Å². The highest BCUT2D eigenvalue weighted by atomic mass is 16.5. The Morgan fingerprint density at radius 3 is 2.21 bits per heavy atom. The third-order valence-corrected chi connectivity index (χ3v) is 5.22. The number of morpholine rings is 1. The van der Waals surface area contributed by atoms with Gasteiger partial charge in [0, 0.05) is 38.3 Å². The fraction of sp³-hybridized carbons (Fsp3) is 1.00. The van der Waals surface area contributed by atoms with Crippen LogP contribution in [0.5, 0.6) is 0 Å². The van der Waals surface area contributed by atoms with Crippen LogP contribution in [-0.4, -0.2) is 72.5 Å². The maximum atomic E-state index is 10.5. The molecule has 1 N–H and O–H groups in total. The van der Waals surface area contributed by atoms with Crippen molar-refractivity contribution in [1.82, 2.24) is 9.80 Å². The van der Waals surface area contributed by atoms with Gasteiger partial charge in [-0.2, -0.15) is 0 Å². The molecule has 19 heavy (non-hydrogen) atoms. The predicted octanol–water partition coefficient (Wildman–Crippen LogP) is 1.09. The lowest BCUT2D eigenvalue weighted by Crippen LogP contribution is -2.49. The Kier molecular flexibility index (Phi) is 4.74. The van der Waals surface area contributed by atoms with E-state index in [1.807, 2.05) is 0 Å². The lowest BCUT2D eigenvalue weighted by atomic mass is 10.0. The number of nitrogens with zero attached hydrogens (tertiary/aromatic N) is 2. The van der Waals surface area contributed by atoms with Crippen molar-refractivity contribution in [3.63, 3.8) is 0 Å². The van der Waals surface area contributed by atoms with Crippen molar-refractivity contribution in [2.75, 3.05) is 39.4 Å². The molecule has 2 saturated heterocycles. The van der Waals surface area contributed by atoms with Crippen LogP contribution < -0.4 is 0 Å². The lowest BCUT2D eigenvalue weighted by Gasteiger charge is -2.36. The molecule has 3 fully saturated rings. The van der Waals surface area contributed by atoms with Gasteiger partial charge in [0.25, 0.3) is 0 Å². The quantitative estimate of drug-likeness (QED) is 0.813. The van der Waals surface area contributed by atoms with Crippen LogP contribution in [0.25, 0.3) is 0 Å². The van der Waals surface area contributed by atoms with Gasteiger partial charge in [0.1, 0.15) is 0 Å². The van der Waals surface area contributed by atoms with E-state index < -0.39 is 0 Å². The summed E-state index contributed by atoms with van der Waals surface area (Å²) >= 11 is 0. The summed E-state index contributed by atoms with van der Waals surface area (Å²) in [5.74, 6) is 0. The molecule has 110 valence electrons. The Bertz CT molecular complexity index is 275. The number of aliphatic hydroxyl groups is 1. The first-order chi connectivity index (χ1) is 9.34. The van der Waals surface area contributed by atoms with E-state index in [4.69, 9.17) is 4.74 Å². The van der Waals surface area contributed by atoms with E-state index in [1.54, 1.807) is 0 Å². The average molecular weight is 268 g/mol. The van der Waals surface area contributed by atoms with Crippen LogP contribution in [0, 0.1) is 0 Å². The number of hydrogen-bond acceptors (Lipinski definition) is 4. The largest absolute Gasteiger partial charge is 0.391 e. The first-order valence-electron chi connectivity index (χ1n) is 8.08. The molecule has 0 bridgehead atoms. The van der Waals surface area contributed by atoms with Crippen molar-refractivity contribution >= 4 is 0 Å². The molecule has 2 heterocycles. The summed E-state index contributed by atoms with van der Waals surface area (Å²) in [5, 5.41) is 10.5. The van der Waals surface area contributed by atoms with Gasteiger partial charge in [0.05, 0.1) is 19.3 Å². The molecule has 4 nitrogen and oxygen atoms in total. The van der Waals surface area contributed by atoms with E-state index in [9.17, 15) is 5.11 Å². The van der Waals surface area contributed by atoms with Crippen LogP contribution in [0.1, 0.15) is 38.5 Å². The first kappa shape index (κ1) is 13.8. The van der Waals surface area contributed by atoms with E-state index in [0.29, 0.717) is 6.04 Å².